The van der Waals surface area contributed by atoms with E-state index in [9.17, 15) is 18.0 Å². The van der Waals surface area contributed by atoms with Gasteiger partial charge in [0.2, 0.25) is 0 Å². The number of rotatable bonds is 6. The fourth-order valence-corrected chi connectivity index (χ4v) is 3.35. The Bertz CT molecular complexity index is 1040. The molecule has 0 saturated carbocycles. The topological polar surface area (TPSA) is 56.8 Å². The zero-order valence-electron chi connectivity index (χ0n) is 19.3. The van der Waals surface area contributed by atoms with E-state index in [4.69, 9.17) is 25.6 Å². The van der Waals surface area contributed by atoms with Gasteiger partial charge in [-0.2, -0.15) is 13.2 Å². The van der Waals surface area contributed by atoms with Gasteiger partial charge in [0.05, 0.1) is 16.8 Å². The average Bonchev–Trinajstić information content (AvgIpc) is 2.97. The highest BCUT2D eigenvalue weighted by Crippen LogP contribution is 2.39. The van der Waals surface area contributed by atoms with Crippen LogP contribution in [-0.4, -0.2) is 31.0 Å². The first-order chi connectivity index (χ1) is 15.8. The third-order valence-electron chi connectivity index (χ3n) is 5.87. The van der Waals surface area contributed by atoms with Crippen LogP contribution in [0.3, 0.4) is 0 Å². The van der Waals surface area contributed by atoms with E-state index >= 15 is 0 Å². The average molecular weight is 496 g/mol. The van der Waals surface area contributed by atoms with Crippen LogP contribution < -0.4 is 5.32 Å². The Hall–Kier alpha value is -2.49. The van der Waals surface area contributed by atoms with Crippen molar-refractivity contribution >= 4 is 30.9 Å². The van der Waals surface area contributed by atoms with Gasteiger partial charge in [-0.1, -0.05) is 48.0 Å². The predicted molar refractivity (Wildman–Crippen MR) is 125 cm³/mol. The number of ether oxygens (including phenoxy) is 1. The van der Waals surface area contributed by atoms with E-state index in [2.05, 4.69) is 5.32 Å². The molecular weight excluding hydrogens is 470 g/mol. The van der Waals surface area contributed by atoms with Crippen molar-refractivity contribution in [2.45, 2.75) is 51.7 Å². The van der Waals surface area contributed by atoms with E-state index in [1.165, 1.54) is 12.1 Å². The van der Waals surface area contributed by atoms with Gasteiger partial charge in [0.25, 0.3) is 0 Å². The van der Waals surface area contributed by atoms with Crippen molar-refractivity contribution in [3.05, 3.63) is 75.7 Å². The number of alkyl carbamates (subject to hydrolysis) is 1. The van der Waals surface area contributed by atoms with Gasteiger partial charge in [-0.25, -0.2) is 4.79 Å². The van der Waals surface area contributed by atoms with Crippen LogP contribution >= 0.6 is 11.6 Å². The van der Waals surface area contributed by atoms with E-state index in [0.29, 0.717) is 5.47 Å². The number of nitrogens with one attached hydrogen (secondary N) is 1. The lowest BCUT2D eigenvalue weighted by atomic mass is 9.77. The van der Waals surface area contributed by atoms with Gasteiger partial charge in [0.1, 0.15) is 6.61 Å². The summed E-state index contributed by atoms with van der Waals surface area (Å²) in [5, 5.41) is 2.73. The Morgan fingerprint density at radius 2 is 1.71 bits per heavy atom. The Balaban J connectivity index is 1.83. The van der Waals surface area contributed by atoms with Crippen molar-refractivity contribution in [2.24, 2.45) is 0 Å². The normalized spacial score (nSPS) is 17.5. The second-order valence-electron chi connectivity index (χ2n) is 8.96. The number of hydrogen-bond donors (Lipinski definition) is 1. The maximum atomic E-state index is 13.2. The molecule has 10 heteroatoms. The second-order valence-corrected chi connectivity index (χ2v) is 9.36. The molecule has 1 heterocycles. The standard InChI is InChI=1S/C24H26BClF3NO4/c1-22(2)23(3,4)34-25(33-22)19(13-17-12-18(24(27,28)29)10-11-20(17)26)14-30-21(31)32-15-16-8-6-5-7-9-16/h5-13H,14-15H2,1-4H3,(H,30,31). The largest absolute Gasteiger partial charge is 0.492 e. The molecule has 0 bridgehead atoms. The smallest absolute Gasteiger partial charge is 0.445 e. The first kappa shape index (κ1) is 26.1. The molecule has 182 valence electrons. The summed E-state index contributed by atoms with van der Waals surface area (Å²) in [5.41, 5.74) is -0.899. The zero-order chi connectivity index (χ0) is 25.1. The van der Waals surface area contributed by atoms with Gasteiger partial charge in [-0.05, 0) is 62.5 Å². The van der Waals surface area contributed by atoms with Crippen molar-refractivity contribution in [1.29, 1.82) is 0 Å². The maximum Gasteiger partial charge on any atom is 0.492 e. The van der Waals surface area contributed by atoms with Gasteiger partial charge in [-0.15, -0.1) is 0 Å². The van der Waals surface area contributed by atoms with Crippen molar-refractivity contribution in [3.63, 3.8) is 0 Å². The van der Waals surface area contributed by atoms with Gasteiger partial charge in [0, 0.05) is 11.6 Å². The number of carbonyl (C=O) groups excluding carboxylic acids is 1. The van der Waals surface area contributed by atoms with Crippen LogP contribution in [-0.2, 0) is 26.8 Å². The van der Waals surface area contributed by atoms with E-state index in [1.54, 1.807) is 0 Å². The summed E-state index contributed by atoms with van der Waals surface area (Å²) in [6.45, 7) is 7.39. The SMILES string of the molecule is CC1(C)OB(C(=Cc2cc(C(F)(F)F)ccc2Cl)CNC(=O)OCc2ccccc2)OC1(C)C. The van der Waals surface area contributed by atoms with Crippen molar-refractivity contribution < 1.29 is 32.0 Å². The van der Waals surface area contributed by atoms with Crippen LogP contribution in [0.1, 0.15) is 44.4 Å². The lowest BCUT2D eigenvalue weighted by Crippen LogP contribution is -2.41. The molecule has 5 nitrogen and oxygen atoms in total. The molecule has 0 unspecified atom stereocenters. The summed E-state index contributed by atoms with van der Waals surface area (Å²) in [6, 6.07) is 12.2. The predicted octanol–water partition coefficient (Wildman–Crippen LogP) is 6.30. The van der Waals surface area contributed by atoms with Crippen LogP contribution in [0.15, 0.2) is 54.0 Å². The van der Waals surface area contributed by atoms with E-state index < -0.39 is 36.2 Å². The molecule has 3 rings (SSSR count). The van der Waals surface area contributed by atoms with Crippen LogP contribution in [0.5, 0.6) is 0 Å². The molecule has 1 fully saturated rings. The fraction of sp³-hybridized carbons (Fsp3) is 0.375. The zero-order valence-corrected chi connectivity index (χ0v) is 20.1. The number of alkyl halides is 3. The molecule has 0 aliphatic carbocycles. The minimum atomic E-state index is -4.53. The number of carbonyl (C=O) groups is 1. The molecule has 2 aromatic carbocycles. The first-order valence-corrected chi connectivity index (χ1v) is 11.0. The van der Waals surface area contributed by atoms with E-state index in [-0.39, 0.29) is 23.7 Å². The van der Waals surface area contributed by atoms with Crippen LogP contribution in [0.25, 0.3) is 6.08 Å². The molecule has 2 aromatic rings. The van der Waals surface area contributed by atoms with Gasteiger partial charge < -0.3 is 19.4 Å². The van der Waals surface area contributed by atoms with Crippen molar-refractivity contribution in [1.82, 2.24) is 5.32 Å². The second kappa shape index (κ2) is 10.0. The summed E-state index contributed by atoms with van der Waals surface area (Å²) < 4.78 is 57.0. The number of hydrogen-bond acceptors (Lipinski definition) is 4. The minimum Gasteiger partial charge on any atom is -0.445 e. The highest BCUT2D eigenvalue weighted by Gasteiger charge is 2.52. The molecule has 1 saturated heterocycles. The van der Waals surface area contributed by atoms with E-state index in [0.717, 1.165) is 17.7 Å². The molecule has 34 heavy (non-hydrogen) atoms. The molecular formula is C24H26BClF3NO4. The molecule has 0 radical (unpaired) electrons. The lowest BCUT2D eigenvalue weighted by molar-refractivity contribution is -0.137. The highest BCUT2D eigenvalue weighted by atomic mass is 35.5. The minimum absolute atomic E-state index is 0.0711. The molecule has 0 spiro atoms. The molecule has 1 aliphatic heterocycles. The molecule has 1 aliphatic rings. The van der Waals surface area contributed by atoms with Gasteiger partial charge in [-0.3, -0.25) is 0 Å². The summed E-state index contributed by atoms with van der Waals surface area (Å²) in [4.78, 5) is 12.3. The quantitative estimate of drug-likeness (QED) is 0.478. The van der Waals surface area contributed by atoms with E-state index in [1.807, 2.05) is 58.0 Å². The molecule has 0 atom stereocenters. The third kappa shape index (κ3) is 6.34. The number of amides is 1. The Labute approximate surface area is 202 Å². The number of benzene rings is 2. The Morgan fingerprint density at radius 3 is 2.29 bits per heavy atom. The lowest BCUT2D eigenvalue weighted by Gasteiger charge is -2.32. The van der Waals surface area contributed by atoms with Crippen LogP contribution in [0, 0.1) is 0 Å². The molecule has 0 aromatic heterocycles. The monoisotopic (exact) mass is 495 g/mol. The molecule has 1 N–H and O–H groups in total. The summed E-state index contributed by atoms with van der Waals surface area (Å²) in [6.07, 6.45) is -3.78. The first-order valence-electron chi connectivity index (χ1n) is 10.7. The Morgan fingerprint density at radius 1 is 1.09 bits per heavy atom. The Kier molecular flexibility index (Phi) is 7.70. The van der Waals surface area contributed by atoms with Gasteiger partial charge >= 0.3 is 19.4 Å². The fourth-order valence-electron chi connectivity index (χ4n) is 3.18. The van der Waals surface area contributed by atoms with Crippen LogP contribution in [0.4, 0.5) is 18.0 Å². The third-order valence-corrected chi connectivity index (χ3v) is 6.21. The van der Waals surface area contributed by atoms with Gasteiger partial charge in [0.15, 0.2) is 0 Å². The summed E-state index contributed by atoms with van der Waals surface area (Å²) >= 11 is 6.18. The van der Waals surface area contributed by atoms with Crippen molar-refractivity contribution in [3.8, 4) is 0 Å². The maximum absolute atomic E-state index is 13.2. The summed E-state index contributed by atoms with van der Waals surface area (Å²) in [5.74, 6) is 0. The summed E-state index contributed by atoms with van der Waals surface area (Å²) in [7, 11) is -0.912. The number of halogens is 4. The highest BCUT2D eigenvalue weighted by molar-refractivity contribution is 6.56. The van der Waals surface area contributed by atoms with Crippen LogP contribution in [0.2, 0.25) is 5.02 Å². The molecule has 1 amide bonds. The van der Waals surface area contributed by atoms with Crippen molar-refractivity contribution in [2.75, 3.05) is 6.54 Å².